The molecule has 0 rings (SSSR count). The van der Waals surface area contributed by atoms with E-state index in [-0.39, 0.29) is 0 Å². The summed E-state index contributed by atoms with van der Waals surface area (Å²) < 4.78 is 0. The van der Waals surface area contributed by atoms with E-state index in [9.17, 15) is 0 Å². The van der Waals surface area contributed by atoms with Crippen LogP contribution in [0.4, 0.5) is 0 Å². The van der Waals surface area contributed by atoms with E-state index in [0.29, 0.717) is 6.67 Å². The maximum atomic E-state index is 6.27. The highest BCUT2D eigenvalue weighted by Gasteiger charge is 1.72. The van der Waals surface area contributed by atoms with Gasteiger partial charge in [-0.15, -0.1) is 0 Å². The molecule has 0 bridgehead atoms. The molecule has 1 N–H and O–H groups in total. The van der Waals surface area contributed by atoms with Crippen LogP contribution in [0.3, 0.4) is 0 Å². The summed E-state index contributed by atoms with van der Waals surface area (Å²) in [7, 11) is 0. The van der Waals surface area contributed by atoms with Crippen LogP contribution in [0.2, 0.25) is 0 Å². The second-order valence-electron chi connectivity index (χ2n) is 0.920. The van der Waals surface area contributed by atoms with Crippen molar-refractivity contribution in [1.29, 1.82) is 0 Å². The van der Waals surface area contributed by atoms with Crippen molar-refractivity contribution >= 4 is 0 Å². The fraction of sp³-hybridized carbons (Fsp3) is 0.750. The average Bonchev–Trinajstić information content (AvgIpc) is 1.61. The zero-order valence-corrected chi connectivity index (χ0v) is 3.86. The van der Waals surface area contributed by atoms with Crippen LogP contribution in [0.15, 0.2) is 0 Å². The van der Waals surface area contributed by atoms with Gasteiger partial charge in [0.25, 0.3) is 6.67 Å². The van der Waals surface area contributed by atoms with Crippen molar-refractivity contribution in [1.82, 2.24) is 5.32 Å². The molecule has 0 aliphatic heterocycles. The first-order valence-electron chi connectivity index (χ1n) is 1.95. The van der Waals surface area contributed by atoms with Gasteiger partial charge in [0.15, 0.2) is 0 Å². The Labute approximate surface area is 38.0 Å². The van der Waals surface area contributed by atoms with E-state index in [0.717, 1.165) is 6.54 Å². The Hall–Kier alpha value is -0.550. The van der Waals surface area contributed by atoms with Crippen molar-refractivity contribution in [2.75, 3.05) is 13.2 Å². The topological polar surface area (TPSA) is 16.4 Å². The normalized spacial score (nSPS) is 7.33. The van der Waals surface area contributed by atoms with Crippen LogP contribution in [0, 0.1) is 6.57 Å². The first kappa shape index (κ1) is 5.45. The molecule has 6 heavy (non-hydrogen) atoms. The van der Waals surface area contributed by atoms with Gasteiger partial charge in [0.2, 0.25) is 0 Å². The summed E-state index contributed by atoms with van der Waals surface area (Å²) in [5.74, 6) is 0. The van der Waals surface area contributed by atoms with Gasteiger partial charge in [0, 0.05) is 0 Å². The molecule has 2 heteroatoms. The second kappa shape index (κ2) is 4.45. The molecule has 0 amide bonds. The third-order valence-corrected chi connectivity index (χ3v) is 0.441. The van der Waals surface area contributed by atoms with Gasteiger partial charge in [-0.25, -0.2) is 6.57 Å². The smallest absolute Gasteiger partial charge is 0.268 e. The largest absolute Gasteiger partial charge is 0.300 e. The van der Waals surface area contributed by atoms with E-state index in [1.165, 1.54) is 0 Å². The van der Waals surface area contributed by atoms with Crippen molar-refractivity contribution in [3.05, 3.63) is 11.4 Å². The molecule has 0 aromatic rings. The molecule has 34 valence electrons. The van der Waals surface area contributed by atoms with E-state index in [2.05, 4.69) is 10.2 Å². The van der Waals surface area contributed by atoms with Gasteiger partial charge in [-0.3, -0.25) is 10.2 Å². The predicted molar refractivity (Wildman–Crippen MR) is 25.1 cm³/mol. The van der Waals surface area contributed by atoms with Gasteiger partial charge in [-0.05, 0) is 6.54 Å². The minimum absolute atomic E-state index is 0.455. The molecule has 0 radical (unpaired) electrons. The van der Waals surface area contributed by atoms with Crippen LogP contribution in [0.25, 0.3) is 4.85 Å². The highest BCUT2D eigenvalue weighted by atomic mass is 15.0. The summed E-state index contributed by atoms with van der Waals surface area (Å²) in [5.41, 5.74) is 0. The van der Waals surface area contributed by atoms with Crippen LogP contribution in [-0.2, 0) is 0 Å². The highest BCUT2D eigenvalue weighted by molar-refractivity contribution is 4.52. The van der Waals surface area contributed by atoms with E-state index >= 15 is 0 Å². The van der Waals surface area contributed by atoms with E-state index in [1.54, 1.807) is 0 Å². The quantitative estimate of drug-likeness (QED) is 0.380. The zero-order chi connectivity index (χ0) is 4.83. The summed E-state index contributed by atoms with van der Waals surface area (Å²) in [5, 5.41) is 2.84. The van der Waals surface area contributed by atoms with Gasteiger partial charge in [0.05, 0.1) is 0 Å². The summed E-state index contributed by atoms with van der Waals surface area (Å²) >= 11 is 0. The van der Waals surface area contributed by atoms with Crippen molar-refractivity contribution in [2.24, 2.45) is 0 Å². The number of nitrogens with one attached hydrogen (secondary N) is 1. The number of rotatable bonds is 2. The molecule has 0 saturated carbocycles. The monoisotopic (exact) mass is 84.1 g/mol. The van der Waals surface area contributed by atoms with Crippen LogP contribution in [0.1, 0.15) is 6.92 Å². The molecule has 0 saturated heterocycles. The number of nitrogens with zero attached hydrogens (tertiary/aromatic N) is 1. The van der Waals surface area contributed by atoms with Gasteiger partial charge in [0.1, 0.15) is 0 Å². The summed E-state index contributed by atoms with van der Waals surface area (Å²) in [6, 6.07) is 0. The minimum atomic E-state index is 0.455. The van der Waals surface area contributed by atoms with Crippen molar-refractivity contribution in [3.8, 4) is 0 Å². The van der Waals surface area contributed by atoms with Gasteiger partial charge < -0.3 is 0 Å². The van der Waals surface area contributed by atoms with Crippen molar-refractivity contribution in [2.45, 2.75) is 6.92 Å². The molecular formula is C4H8N2. The Kier molecular flexibility index (Phi) is 4.04. The maximum Gasteiger partial charge on any atom is 0.268 e. The maximum absolute atomic E-state index is 6.27. The molecule has 0 spiro atoms. The summed E-state index contributed by atoms with van der Waals surface area (Å²) in [6.45, 7) is 9.59. The van der Waals surface area contributed by atoms with Crippen LogP contribution < -0.4 is 5.32 Å². The van der Waals surface area contributed by atoms with Crippen LogP contribution in [-0.4, -0.2) is 13.2 Å². The van der Waals surface area contributed by atoms with Crippen LogP contribution in [0.5, 0.6) is 0 Å². The number of hydrogen-bond donors (Lipinski definition) is 1. The molecule has 0 atom stereocenters. The molecule has 0 unspecified atom stereocenters. The first-order chi connectivity index (χ1) is 2.91. The standard InChI is InChI=1S/C4H8N2/c1-3-6-4-5-2/h6H,3-4H2,1H3. The molecule has 0 heterocycles. The lowest BCUT2D eigenvalue weighted by atomic mass is 10.8. The predicted octanol–water partition coefficient (Wildman–Crippen LogP) is 0.473. The van der Waals surface area contributed by atoms with Crippen molar-refractivity contribution < 1.29 is 0 Å². The van der Waals surface area contributed by atoms with E-state index in [1.807, 2.05) is 6.92 Å². The Morgan fingerprint density at radius 2 is 2.50 bits per heavy atom. The third kappa shape index (κ3) is 3.45. The van der Waals surface area contributed by atoms with E-state index < -0.39 is 0 Å². The molecule has 0 fully saturated rings. The minimum Gasteiger partial charge on any atom is -0.300 e. The molecule has 0 aliphatic rings. The Bertz CT molecular complexity index is 53.1. The summed E-state index contributed by atoms with van der Waals surface area (Å²) in [4.78, 5) is 3.06. The number of hydrogen-bond acceptors (Lipinski definition) is 1. The lowest BCUT2D eigenvalue weighted by Gasteiger charge is -1.81. The molecule has 0 aliphatic carbocycles. The molecular weight excluding hydrogens is 76.1 g/mol. The molecule has 0 aromatic carbocycles. The zero-order valence-electron chi connectivity index (χ0n) is 3.86. The molecule has 0 aromatic heterocycles. The van der Waals surface area contributed by atoms with Crippen LogP contribution >= 0.6 is 0 Å². The van der Waals surface area contributed by atoms with Gasteiger partial charge in [-0.1, -0.05) is 6.92 Å². The SMILES string of the molecule is [C-]#[N+]CNCC. The van der Waals surface area contributed by atoms with Crippen molar-refractivity contribution in [3.63, 3.8) is 0 Å². The molecule has 2 nitrogen and oxygen atoms in total. The van der Waals surface area contributed by atoms with Gasteiger partial charge >= 0.3 is 0 Å². The average molecular weight is 84.1 g/mol. The first-order valence-corrected chi connectivity index (χ1v) is 1.95. The summed E-state index contributed by atoms with van der Waals surface area (Å²) in [6.07, 6.45) is 0. The fourth-order valence-electron chi connectivity index (χ4n) is 0.168. The lowest BCUT2D eigenvalue weighted by molar-refractivity contribution is 0.797. The second-order valence-corrected chi connectivity index (χ2v) is 0.920. The Balaban J connectivity index is 2.54. The third-order valence-electron chi connectivity index (χ3n) is 0.441. The lowest BCUT2D eigenvalue weighted by Crippen LogP contribution is -2.09. The highest BCUT2D eigenvalue weighted by Crippen LogP contribution is 1.55. The fourth-order valence-corrected chi connectivity index (χ4v) is 0.168. The Morgan fingerprint density at radius 1 is 1.83 bits per heavy atom. The van der Waals surface area contributed by atoms with E-state index in [4.69, 9.17) is 6.57 Å². The van der Waals surface area contributed by atoms with Gasteiger partial charge in [-0.2, -0.15) is 0 Å². The Morgan fingerprint density at radius 3 is 2.67 bits per heavy atom.